The average Bonchev–Trinajstić information content (AvgIpc) is 2.77. The maximum Gasteiger partial charge on any atom is 0.314 e. The molecular weight excluding hydrogens is 372 g/mol. The molecule has 2 atom stereocenters. The lowest BCUT2D eigenvalue weighted by molar-refractivity contribution is -0.139. The van der Waals surface area contributed by atoms with Gasteiger partial charge in [-0.3, -0.25) is 4.79 Å². The molecule has 2 aromatic rings. The van der Waals surface area contributed by atoms with Crippen LogP contribution in [0.2, 0.25) is 0 Å². The number of hydrogen-bond acceptors (Lipinski definition) is 3. The standard InChI is InChI=1S/C26H36N2O2/c1-3-5-7-8-11-17-23(22-15-12-9-13-16-22)18-24(26(29)30)25-27-19-21(20-28-25)14-10-6-4-2/h3,9,12-13,15-16,19-20,23-24H,1,4-8,10-11,14,17-18H2,2H3,(H,29,30). The van der Waals surface area contributed by atoms with Gasteiger partial charge in [-0.25, -0.2) is 9.97 Å². The Kier molecular flexibility index (Phi) is 10.8. The number of aromatic nitrogens is 2. The number of carboxylic acids is 1. The molecule has 0 amide bonds. The lowest BCUT2D eigenvalue weighted by Crippen LogP contribution is -2.18. The van der Waals surface area contributed by atoms with Crippen LogP contribution in [0.1, 0.15) is 93.5 Å². The van der Waals surface area contributed by atoms with Gasteiger partial charge < -0.3 is 5.11 Å². The van der Waals surface area contributed by atoms with Crippen molar-refractivity contribution >= 4 is 5.97 Å². The summed E-state index contributed by atoms with van der Waals surface area (Å²) in [6.45, 7) is 5.96. The zero-order chi connectivity index (χ0) is 21.6. The number of allylic oxidation sites excluding steroid dienone is 1. The molecule has 0 aliphatic rings. The van der Waals surface area contributed by atoms with E-state index < -0.39 is 11.9 Å². The molecule has 0 aliphatic carbocycles. The number of unbranched alkanes of at least 4 members (excludes halogenated alkanes) is 5. The third-order valence-corrected chi connectivity index (χ3v) is 5.66. The first-order chi connectivity index (χ1) is 14.7. The van der Waals surface area contributed by atoms with Crippen molar-refractivity contribution in [1.82, 2.24) is 9.97 Å². The number of aliphatic carboxylic acids is 1. The van der Waals surface area contributed by atoms with E-state index in [2.05, 4.69) is 35.6 Å². The summed E-state index contributed by atoms with van der Waals surface area (Å²) in [6, 6.07) is 10.3. The summed E-state index contributed by atoms with van der Waals surface area (Å²) in [5.74, 6) is -0.924. The van der Waals surface area contributed by atoms with Gasteiger partial charge in [-0.15, -0.1) is 6.58 Å². The van der Waals surface area contributed by atoms with Crippen molar-refractivity contribution in [3.63, 3.8) is 0 Å². The molecule has 2 rings (SSSR count). The van der Waals surface area contributed by atoms with E-state index in [1.807, 2.05) is 24.3 Å². The topological polar surface area (TPSA) is 63.1 Å². The number of carbonyl (C=O) groups is 1. The van der Waals surface area contributed by atoms with Gasteiger partial charge in [0.25, 0.3) is 0 Å². The summed E-state index contributed by atoms with van der Waals surface area (Å²) in [5, 5.41) is 9.92. The Bertz CT molecular complexity index is 743. The molecule has 0 aliphatic heterocycles. The smallest absolute Gasteiger partial charge is 0.314 e. The molecule has 1 N–H and O–H groups in total. The van der Waals surface area contributed by atoms with Crippen LogP contribution in [0, 0.1) is 0 Å². The minimum absolute atomic E-state index is 0.184. The zero-order valence-electron chi connectivity index (χ0n) is 18.3. The monoisotopic (exact) mass is 408 g/mol. The number of carboxylic acid groups (broad SMARTS) is 1. The largest absolute Gasteiger partial charge is 0.481 e. The van der Waals surface area contributed by atoms with E-state index in [1.165, 1.54) is 18.4 Å². The molecule has 1 aromatic heterocycles. The lowest BCUT2D eigenvalue weighted by Gasteiger charge is -2.21. The summed E-state index contributed by atoms with van der Waals surface area (Å²) in [5.41, 5.74) is 2.28. The van der Waals surface area contributed by atoms with E-state index in [0.717, 1.165) is 50.5 Å². The SMILES string of the molecule is C=CCCCCCC(CC(C(=O)O)c1ncc(CCCCC)cn1)c1ccccc1. The second-order valence-corrected chi connectivity index (χ2v) is 8.07. The van der Waals surface area contributed by atoms with Gasteiger partial charge >= 0.3 is 5.97 Å². The lowest BCUT2D eigenvalue weighted by atomic mass is 9.84. The third-order valence-electron chi connectivity index (χ3n) is 5.66. The van der Waals surface area contributed by atoms with Crippen molar-refractivity contribution in [3.8, 4) is 0 Å². The van der Waals surface area contributed by atoms with Crippen LogP contribution in [-0.2, 0) is 11.2 Å². The highest BCUT2D eigenvalue weighted by Gasteiger charge is 2.27. The highest BCUT2D eigenvalue weighted by Crippen LogP contribution is 2.33. The molecule has 0 spiro atoms. The van der Waals surface area contributed by atoms with E-state index in [1.54, 1.807) is 12.4 Å². The van der Waals surface area contributed by atoms with Crippen LogP contribution in [0.25, 0.3) is 0 Å². The van der Waals surface area contributed by atoms with Crippen LogP contribution in [0.4, 0.5) is 0 Å². The number of aryl methyl sites for hydroxylation is 1. The molecule has 0 radical (unpaired) electrons. The first-order valence-electron chi connectivity index (χ1n) is 11.3. The number of nitrogens with zero attached hydrogens (tertiary/aromatic N) is 2. The van der Waals surface area contributed by atoms with Gasteiger partial charge in [0.05, 0.1) is 0 Å². The van der Waals surface area contributed by atoms with E-state index in [0.29, 0.717) is 12.2 Å². The molecule has 0 fully saturated rings. The van der Waals surface area contributed by atoms with Gasteiger partial charge in [0.2, 0.25) is 0 Å². The van der Waals surface area contributed by atoms with Crippen LogP contribution in [-0.4, -0.2) is 21.0 Å². The van der Waals surface area contributed by atoms with Crippen LogP contribution in [0.5, 0.6) is 0 Å². The van der Waals surface area contributed by atoms with Gasteiger partial charge in [0.1, 0.15) is 11.7 Å². The Hall–Kier alpha value is -2.49. The van der Waals surface area contributed by atoms with Gasteiger partial charge in [0, 0.05) is 12.4 Å². The van der Waals surface area contributed by atoms with Gasteiger partial charge in [0.15, 0.2) is 0 Å². The Morgan fingerprint density at radius 1 is 1.07 bits per heavy atom. The fraction of sp³-hybridized carbons (Fsp3) is 0.500. The van der Waals surface area contributed by atoms with E-state index in [-0.39, 0.29) is 5.92 Å². The fourth-order valence-corrected chi connectivity index (χ4v) is 3.86. The minimum Gasteiger partial charge on any atom is -0.481 e. The quantitative estimate of drug-likeness (QED) is 0.263. The first-order valence-corrected chi connectivity index (χ1v) is 11.3. The molecule has 1 aromatic carbocycles. The highest BCUT2D eigenvalue weighted by molar-refractivity contribution is 5.74. The normalized spacial score (nSPS) is 13.0. The molecule has 0 bridgehead atoms. The highest BCUT2D eigenvalue weighted by atomic mass is 16.4. The van der Waals surface area contributed by atoms with Gasteiger partial charge in [-0.2, -0.15) is 0 Å². The predicted octanol–water partition coefficient (Wildman–Crippen LogP) is 6.69. The van der Waals surface area contributed by atoms with Crippen molar-refractivity contribution < 1.29 is 9.90 Å². The van der Waals surface area contributed by atoms with Crippen LogP contribution in [0.15, 0.2) is 55.4 Å². The van der Waals surface area contributed by atoms with Crippen LogP contribution < -0.4 is 0 Å². The van der Waals surface area contributed by atoms with E-state index in [4.69, 9.17) is 0 Å². The van der Waals surface area contributed by atoms with Crippen LogP contribution in [0.3, 0.4) is 0 Å². The van der Waals surface area contributed by atoms with Crippen molar-refractivity contribution in [2.75, 3.05) is 0 Å². The Morgan fingerprint density at radius 3 is 2.43 bits per heavy atom. The molecule has 4 nitrogen and oxygen atoms in total. The first kappa shape index (κ1) is 23.8. The van der Waals surface area contributed by atoms with Crippen molar-refractivity contribution in [1.29, 1.82) is 0 Å². The molecule has 2 unspecified atom stereocenters. The van der Waals surface area contributed by atoms with Crippen molar-refractivity contribution in [2.24, 2.45) is 0 Å². The van der Waals surface area contributed by atoms with Crippen molar-refractivity contribution in [2.45, 2.75) is 83.0 Å². The Morgan fingerprint density at radius 2 is 1.80 bits per heavy atom. The predicted molar refractivity (Wildman–Crippen MR) is 123 cm³/mol. The van der Waals surface area contributed by atoms with E-state index >= 15 is 0 Å². The maximum absolute atomic E-state index is 12.1. The summed E-state index contributed by atoms with van der Waals surface area (Å²) < 4.78 is 0. The van der Waals surface area contributed by atoms with Crippen LogP contribution >= 0.6 is 0 Å². The second-order valence-electron chi connectivity index (χ2n) is 8.07. The van der Waals surface area contributed by atoms with Gasteiger partial charge in [-0.1, -0.05) is 69.0 Å². The molecule has 30 heavy (non-hydrogen) atoms. The zero-order valence-corrected chi connectivity index (χ0v) is 18.3. The minimum atomic E-state index is -0.846. The Labute approximate surface area is 181 Å². The molecule has 4 heteroatoms. The number of benzene rings is 1. The molecule has 1 heterocycles. The summed E-state index contributed by atoms with van der Waals surface area (Å²) in [7, 11) is 0. The molecule has 0 saturated heterocycles. The maximum atomic E-state index is 12.1. The fourth-order valence-electron chi connectivity index (χ4n) is 3.86. The Balaban J connectivity index is 2.09. The second kappa shape index (κ2) is 13.7. The number of hydrogen-bond donors (Lipinski definition) is 1. The van der Waals surface area contributed by atoms with E-state index in [9.17, 15) is 9.90 Å². The number of rotatable bonds is 15. The summed E-state index contributed by atoms with van der Waals surface area (Å²) in [6.07, 6.45) is 15.9. The summed E-state index contributed by atoms with van der Waals surface area (Å²) in [4.78, 5) is 21.0. The molecular formula is C26H36N2O2. The third kappa shape index (κ3) is 8.10. The summed E-state index contributed by atoms with van der Waals surface area (Å²) >= 11 is 0. The molecule has 162 valence electrons. The van der Waals surface area contributed by atoms with Crippen molar-refractivity contribution in [3.05, 3.63) is 72.3 Å². The van der Waals surface area contributed by atoms with Gasteiger partial charge in [-0.05, 0) is 55.6 Å². The molecule has 0 saturated carbocycles. The average molecular weight is 409 g/mol.